The van der Waals surface area contributed by atoms with Gasteiger partial charge in [0.2, 0.25) is 0 Å². The van der Waals surface area contributed by atoms with Crippen molar-refractivity contribution in [1.82, 2.24) is 14.6 Å². The summed E-state index contributed by atoms with van der Waals surface area (Å²) >= 11 is 11.3. The topological polar surface area (TPSA) is 58.6 Å². The highest BCUT2D eigenvalue weighted by Gasteiger charge is 2.32. The largest absolute Gasteiger partial charge is 0.669 e. The summed E-state index contributed by atoms with van der Waals surface area (Å²) in [6.45, 7) is 2.21. The van der Waals surface area contributed by atoms with Crippen molar-refractivity contribution >= 4 is 37.2 Å². The van der Waals surface area contributed by atoms with Gasteiger partial charge < -0.3 is 4.90 Å². The van der Waals surface area contributed by atoms with Crippen LogP contribution in [-0.4, -0.2) is 52.6 Å². The van der Waals surface area contributed by atoms with Crippen molar-refractivity contribution in [3.63, 3.8) is 0 Å². The van der Waals surface area contributed by atoms with Gasteiger partial charge in [0.15, 0.2) is 11.6 Å². The SMILES string of the molecule is O=[P+](Oc1ncc(F)c(N2CCCCC2)n1)N(CCCl)CCCl. The number of nitrogens with zero attached hydrogens (tertiary/aromatic N) is 4. The molecule has 1 fully saturated rings. The maximum Gasteiger partial charge on any atom is 0.669 e. The van der Waals surface area contributed by atoms with E-state index in [2.05, 4.69) is 9.97 Å². The van der Waals surface area contributed by atoms with Gasteiger partial charge in [-0.2, -0.15) is 14.5 Å². The second-order valence-electron chi connectivity index (χ2n) is 5.03. The van der Waals surface area contributed by atoms with E-state index in [9.17, 15) is 8.96 Å². The Morgan fingerprint density at radius 2 is 1.91 bits per heavy atom. The Balaban J connectivity index is 2.08. The third kappa shape index (κ3) is 5.38. The minimum absolute atomic E-state index is 0.109. The van der Waals surface area contributed by atoms with Crippen LogP contribution in [0.25, 0.3) is 0 Å². The lowest BCUT2D eigenvalue weighted by Crippen LogP contribution is -2.31. The zero-order valence-electron chi connectivity index (χ0n) is 12.6. The van der Waals surface area contributed by atoms with E-state index in [4.69, 9.17) is 27.7 Å². The molecule has 0 radical (unpaired) electrons. The van der Waals surface area contributed by atoms with E-state index in [1.165, 1.54) is 4.67 Å². The lowest BCUT2D eigenvalue weighted by Gasteiger charge is -2.27. The fraction of sp³-hybridized carbons (Fsp3) is 0.692. The van der Waals surface area contributed by atoms with Crippen LogP contribution in [0.3, 0.4) is 0 Å². The minimum Gasteiger partial charge on any atom is -0.354 e. The van der Waals surface area contributed by atoms with E-state index in [0.717, 1.165) is 38.5 Å². The predicted molar refractivity (Wildman–Crippen MR) is 89.3 cm³/mol. The molecule has 0 amide bonds. The molecule has 0 aliphatic carbocycles. The van der Waals surface area contributed by atoms with Crippen molar-refractivity contribution in [2.75, 3.05) is 42.8 Å². The van der Waals surface area contributed by atoms with Gasteiger partial charge in [0.1, 0.15) is 0 Å². The highest BCUT2D eigenvalue weighted by molar-refractivity contribution is 7.36. The van der Waals surface area contributed by atoms with Crippen LogP contribution in [0.15, 0.2) is 6.20 Å². The van der Waals surface area contributed by atoms with E-state index in [-0.39, 0.29) is 11.8 Å². The lowest BCUT2D eigenvalue weighted by atomic mass is 10.1. The number of hydrogen-bond acceptors (Lipinski definition) is 5. The number of hydrogen-bond donors (Lipinski definition) is 0. The summed E-state index contributed by atoms with van der Waals surface area (Å²) in [5.74, 6) is 0.280. The fourth-order valence-corrected chi connectivity index (χ4v) is 3.83. The zero-order chi connectivity index (χ0) is 16.7. The third-order valence-electron chi connectivity index (χ3n) is 3.44. The van der Waals surface area contributed by atoms with Gasteiger partial charge >= 0.3 is 14.2 Å². The Morgan fingerprint density at radius 3 is 2.52 bits per heavy atom. The van der Waals surface area contributed by atoms with E-state index in [1.54, 1.807) is 0 Å². The molecular formula is C13H19Cl2FN4O2P+. The van der Waals surface area contributed by atoms with E-state index in [0.29, 0.717) is 24.8 Å². The first-order chi connectivity index (χ1) is 11.2. The summed E-state index contributed by atoms with van der Waals surface area (Å²) in [5.41, 5.74) is 0. The number of alkyl halides is 2. The molecule has 0 bridgehead atoms. The van der Waals surface area contributed by atoms with Crippen molar-refractivity contribution in [1.29, 1.82) is 0 Å². The molecule has 128 valence electrons. The average molecular weight is 384 g/mol. The van der Waals surface area contributed by atoms with Crippen LogP contribution >= 0.6 is 31.4 Å². The van der Waals surface area contributed by atoms with Crippen LogP contribution in [0.1, 0.15) is 19.3 Å². The van der Waals surface area contributed by atoms with Crippen LogP contribution in [0, 0.1) is 5.82 Å². The number of halogens is 3. The Bertz CT molecular complexity index is 529. The number of aromatic nitrogens is 2. The van der Waals surface area contributed by atoms with Gasteiger partial charge in [-0.3, -0.25) is 0 Å². The molecule has 6 nitrogen and oxygen atoms in total. The Morgan fingerprint density at radius 1 is 1.26 bits per heavy atom. The van der Waals surface area contributed by atoms with E-state index in [1.807, 2.05) is 4.90 Å². The number of piperidine rings is 1. The molecule has 23 heavy (non-hydrogen) atoms. The maximum atomic E-state index is 14.0. The van der Waals surface area contributed by atoms with Gasteiger partial charge in [0, 0.05) is 29.4 Å². The van der Waals surface area contributed by atoms with Gasteiger partial charge in [-0.05, 0) is 19.3 Å². The smallest absolute Gasteiger partial charge is 0.354 e. The first-order valence-corrected chi connectivity index (χ1v) is 9.65. The van der Waals surface area contributed by atoms with Crippen LogP contribution in [0.5, 0.6) is 6.01 Å². The zero-order valence-corrected chi connectivity index (χ0v) is 15.0. The number of rotatable bonds is 8. The summed E-state index contributed by atoms with van der Waals surface area (Å²) in [6.07, 6.45) is 4.16. The second kappa shape index (κ2) is 9.52. The standard InChI is InChI=1S/C13H19Cl2FN4O2P/c14-4-8-20(9-5-15)23(21)22-13-17-10-11(16)12(18-13)19-6-2-1-3-7-19/h10H,1-9H2/q+1. The quantitative estimate of drug-likeness (QED) is 0.506. The summed E-state index contributed by atoms with van der Waals surface area (Å²) in [4.78, 5) is 9.70. The lowest BCUT2D eigenvalue weighted by molar-refractivity contribution is 0.385. The van der Waals surface area contributed by atoms with Crippen molar-refractivity contribution in [2.45, 2.75) is 19.3 Å². The molecule has 0 saturated carbocycles. The predicted octanol–water partition coefficient (Wildman–Crippen LogP) is 3.42. The molecule has 1 unspecified atom stereocenters. The normalized spacial score (nSPS) is 15.8. The van der Waals surface area contributed by atoms with Crippen molar-refractivity contribution in [3.05, 3.63) is 12.0 Å². The Labute approximate surface area is 145 Å². The third-order valence-corrected chi connectivity index (χ3v) is 4.95. The van der Waals surface area contributed by atoms with Gasteiger partial charge in [0.25, 0.3) is 0 Å². The molecule has 1 aromatic heterocycles. The van der Waals surface area contributed by atoms with Crippen molar-refractivity contribution in [3.8, 4) is 6.01 Å². The van der Waals surface area contributed by atoms with Crippen LogP contribution < -0.4 is 9.42 Å². The van der Waals surface area contributed by atoms with Gasteiger partial charge in [0.05, 0.1) is 19.3 Å². The van der Waals surface area contributed by atoms with Gasteiger partial charge in [-0.1, -0.05) is 4.67 Å². The molecule has 2 rings (SSSR count). The van der Waals surface area contributed by atoms with E-state index >= 15 is 0 Å². The summed E-state index contributed by atoms with van der Waals surface area (Å²) in [7, 11) is -2.22. The second-order valence-corrected chi connectivity index (χ2v) is 7.01. The molecule has 1 saturated heterocycles. The van der Waals surface area contributed by atoms with Crippen LogP contribution in [0.2, 0.25) is 0 Å². The van der Waals surface area contributed by atoms with Crippen molar-refractivity contribution < 1.29 is 13.5 Å². The molecule has 1 aliphatic rings. The monoisotopic (exact) mass is 383 g/mol. The highest BCUT2D eigenvalue weighted by atomic mass is 35.5. The molecular weight excluding hydrogens is 365 g/mol. The Kier molecular flexibility index (Phi) is 7.70. The Hall–Kier alpha value is -0.750. The van der Waals surface area contributed by atoms with Crippen LogP contribution in [0.4, 0.5) is 10.2 Å². The first-order valence-electron chi connectivity index (χ1n) is 7.45. The number of anilines is 1. The van der Waals surface area contributed by atoms with Gasteiger partial charge in [-0.15, -0.1) is 23.2 Å². The molecule has 10 heteroatoms. The molecule has 2 heterocycles. The average Bonchev–Trinajstić information content (AvgIpc) is 2.57. The molecule has 0 N–H and O–H groups in total. The molecule has 0 spiro atoms. The highest BCUT2D eigenvalue weighted by Crippen LogP contribution is 2.30. The molecule has 0 aromatic carbocycles. The summed E-state index contributed by atoms with van der Waals surface area (Å²) in [6, 6.07) is -0.109. The molecule has 1 aliphatic heterocycles. The molecule has 1 aromatic rings. The first kappa shape index (κ1) is 18.6. The molecule has 1 atom stereocenters. The van der Waals surface area contributed by atoms with Gasteiger partial charge in [-0.25, -0.2) is 4.39 Å². The fourth-order valence-electron chi connectivity index (χ4n) is 2.31. The summed E-state index contributed by atoms with van der Waals surface area (Å²) in [5, 5.41) is 0. The van der Waals surface area contributed by atoms with Crippen molar-refractivity contribution in [2.24, 2.45) is 0 Å². The van der Waals surface area contributed by atoms with E-state index < -0.39 is 14.0 Å². The summed E-state index contributed by atoms with van der Waals surface area (Å²) < 4.78 is 32.9. The minimum atomic E-state index is -2.22. The van der Waals surface area contributed by atoms with Crippen LogP contribution in [-0.2, 0) is 4.57 Å². The maximum absolute atomic E-state index is 14.0.